The Bertz CT molecular complexity index is 649. The largest absolute Gasteiger partial charge is 0.382 e. The number of aromatic nitrogens is 4. The molecule has 0 saturated carbocycles. The molecule has 5 nitrogen and oxygen atoms in total. The molecule has 0 atom stereocenters. The standard InChI is InChI=1S/C11H11N5/c1-16-10-4-7(2-3-8(10)6-13-16)9-5-11(12)15-14-9/h2-6H,1H3,(H3,12,14,15). The number of anilines is 1. The molecule has 0 fully saturated rings. The Morgan fingerprint density at radius 2 is 2.19 bits per heavy atom. The van der Waals surface area contributed by atoms with Crippen LogP contribution in [0.5, 0.6) is 0 Å². The van der Waals surface area contributed by atoms with Crippen molar-refractivity contribution in [1.82, 2.24) is 20.0 Å². The van der Waals surface area contributed by atoms with E-state index >= 15 is 0 Å². The zero-order chi connectivity index (χ0) is 11.1. The minimum absolute atomic E-state index is 0.500. The Morgan fingerprint density at radius 1 is 1.31 bits per heavy atom. The molecule has 0 aliphatic rings. The fourth-order valence-electron chi connectivity index (χ4n) is 1.80. The number of hydrogen-bond donors (Lipinski definition) is 2. The van der Waals surface area contributed by atoms with Gasteiger partial charge in [0.05, 0.1) is 17.4 Å². The van der Waals surface area contributed by atoms with Gasteiger partial charge in [-0.1, -0.05) is 12.1 Å². The maximum absolute atomic E-state index is 5.58. The summed E-state index contributed by atoms with van der Waals surface area (Å²) in [4.78, 5) is 0. The van der Waals surface area contributed by atoms with Crippen molar-refractivity contribution in [3.8, 4) is 11.3 Å². The van der Waals surface area contributed by atoms with Crippen molar-refractivity contribution in [3.63, 3.8) is 0 Å². The lowest BCUT2D eigenvalue weighted by molar-refractivity contribution is 0.797. The summed E-state index contributed by atoms with van der Waals surface area (Å²) in [6.45, 7) is 0. The van der Waals surface area contributed by atoms with E-state index in [2.05, 4.69) is 21.4 Å². The molecular formula is C11H11N5. The SMILES string of the molecule is Cn1ncc2ccc(-c3cc(N)n[nH]3)cc21. The molecule has 0 bridgehead atoms. The quantitative estimate of drug-likeness (QED) is 0.644. The van der Waals surface area contributed by atoms with E-state index in [9.17, 15) is 0 Å². The summed E-state index contributed by atoms with van der Waals surface area (Å²) in [6.07, 6.45) is 1.85. The number of H-pyrrole nitrogens is 1. The Labute approximate surface area is 91.9 Å². The zero-order valence-electron chi connectivity index (χ0n) is 8.81. The molecule has 0 aliphatic heterocycles. The molecule has 5 heteroatoms. The average Bonchev–Trinajstić information content (AvgIpc) is 2.86. The summed E-state index contributed by atoms with van der Waals surface area (Å²) in [5.74, 6) is 0.500. The van der Waals surface area contributed by atoms with E-state index in [0.717, 1.165) is 22.2 Å². The van der Waals surface area contributed by atoms with E-state index in [1.165, 1.54) is 0 Å². The lowest BCUT2D eigenvalue weighted by Gasteiger charge is -1.99. The first kappa shape index (κ1) is 8.96. The second-order valence-electron chi connectivity index (χ2n) is 3.75. The maximum Gasteiger partial charge on any atom is 0.145 e. The molecule has 0 radical (unpaired) electrons. The first-order valence-corrected chi connectivity index (χ1v) is 4.97. The molecule has 3 aromatic rings. The highest BCUT2D eigenvalue weighted by atomic mass is 15.2. The first-order valence-electron chi connectivity index (χ1n) is 4.97. The van der Waals surface area contributed by atoms with Gasteiger partial charge in [-0.2, -0.15) is 10.2 Å². The Kier molecular flexibility index (Phi) is 1.73. The predicted molar refractivity (Wildman–Crippen MR) is 62.7 cm³/mol. The summed E-state index contributed by atoms with van der Waals surface area (Å²) in [7, 11) is 1.92. The average molecular weight is 213 g/mol. The predicted octanol–water partition coefficient (Wildman–Crippen LogP) is 1.55. The van der Waals surface area contributed by atoms with Gasteiger partial charge in [0.15, 0.2) is 0 Å². The summed E-state index contributed by atoms with van der Waals surface area (Å²) < 4.78 is 1.85. The van der Waals surface area contributed by atoms with Gasteiger partial charge in [0, 0.05) is 24.1 Å². The smallest absolute Gasteiger partial charge is 0.145 e. The summed E-state index contributed by atoms with van der Waals surface area (Å²) in [5.41, 5.74) is 8.64. The molecule has 2 aromatic heterocycles. The molecule has 0 aliphatic carbocycles. The van der Waals surface area contributed by atoms with Crippen LogP contribution in [0.1, 0.15) is 0 Å². The van der Waals surface area contributed by atoms with Crippen LogP contribution in [0.15, 0.2) is 30.5 Å². The van der Waals surface area contributed by atoms with Gasteiger partial charge >= 0.3 is 0 Å². The number of benzene rings is 1. The second-order valence-corrected chi connectivity index (χ2v) is 3.75. The molecular weight excluding hydrogens is 202 g/mol. The normalized spacial score (nSPS) is 11.1. The van der Waals surface area contributed by atoms with Crippen LogP contribution in [0.25, 0.3) is 22.2 Å². The number of fused-ring (bicyclic) bond motifs is 1. The van der Waals surface area contributed by atoms with Crippen LogP contribution in [0, 0.1) is 0 Å². The summed E-state index contributed by atoms with van der Waals surface area (Å²) >= 11 is 0. The van der Waals surface area contributed by atoms with Crippen molar-refractivity contribution < 1.29 is 0 Å². The van der Waals surface area contributed by atoms with E-state index in [1.54, 1.807) is 0 Å². The monoisotopic (exact) mass is 213 g/mol. The molecule has 1 aromatic carbocycles. The van der Waals surface area contributed by atoms with E-state index in [1.807, 2.05) is 36.1 Å². The molecule has 0 amide bonds. The van der Waals surface area contributed by atoms with Gasteiger partial charge in [0.1, 0.15) is 5.82 Å². The van der Waals surface area contributed by atoms with Crippen LogP contribution in [-0.2, 0) is 7.05 Å². The van der Waals surface area contributed by atoms with Crippen molar-refractivity contribution in [1.29, 1.82) is 0 Å². The van der Waals surface area contributed by atoms with E-state index in [4.69, 9.17) is 5.73 Å². The third-order valence-electron chi connectivity index (χ3n) is 2.66. The lowest BCUT2D eigenvalue weighted by Crippen LogP contribution is -1.89. The molecule has 3 rings (SSSR count). The number of nitrogens with one attached hydrogen (secondary N) is 1. The van der Waals surface area contributed by atoms with Crippen molar-refractivity contribution in [2.45, 2.75) is 0 Å². The van der Waals surface area contributed by atoms with Gasteiger partial charge in [0.25, 0.3) is 0 Å². The first-order chi connectivity index (χ1) is 7.74. The van der Waals surface area contributed by atoms with Crippen LogP contribution in [0.4, 0.5) is 5.82 Å². The minimum Gasteiger partial charge on any atom is -0.382 e. The zero-order valence-corrected chi connectivity index (χ0v) is 8.81. The number of nitrogens with zero attached hydrogens (tertiary/aromatic N) is 3. The highest BCUT2D eigenvalue weighted by molar-refractivity contribution is 5.83. The molecule has 2 heterocycles. The number of nitrogens with two attached hydrogens (primary N) is 1. The van der Waals surface area contributed by atoms with Crippen molar-refractivity contribution in [3.05, 3.63) is 30.5 Å². The highest BCUT2D eigenvalue weighted by Gasteiger charge is 2.04. The highest BCUT2D eigenvalue weighted by Crippen LogP contribution is 2.23. The maximum atomic E-state index is 5.58. The molecule has 16 heavy (non-hydrogen) atoms. The Balaban J connectivity index is 2.21. The molecule has 3 N–H and O–H groups in total. The summed E-state index contributed by atoms with van der Waals surface area (Å²) in [6, 6.07) is 7.94. The van der Waals surface area contributed by atoms with Crippen LogP contribution in [-0.4, -0.2) is 20.0 Å². The number of rotatable bonds is 1. The van der Waals surface area contributed by atoms with Crippen molar-refractivity contribution in [2.24, 2.45) is 7.05 Å². The number of aromatic amines is 1. The molecule has 80 valence electrons. The van der Waals surface area contributed by atoms with Gasteiger partial charge in [-0.25, -0.2) is 0 Å². The van der Waals surface area contributed by atoms with E-state index in [-0.39, 0.29) is 0 Å². The topological polar surface area (TPSA) is 72.5 Å². The minimum atomic E-state index is 0.500. The van der Waals surface area contributed by atoms with Gasteiger partial charge in [0.2, 0.25) is 0 Å². The van der Waals surface area contributed by atoms with Gasteiger partial charge in [-0.05, 0) is 6.07 Å². The van der Waals surface area contributed by atoms with Crippen molar-refractivity contribution >= 4 is 16.7 Å². The van der Waals surface area contributed by atoms with Crippen molar-refractivity contribution in [2.75, 3.05) is 5.73 Å². The Morgan fingerprint density at radius 3 is 2.94 bits per heavy atom. The number of hydrogen-bond acceptors (Lipinski definition) is 3. The van der Waals surface area contributed by atoms with E-state index < -0.39 is 0 Å². The number of aryl methyl sites for hydroxylation is 1. The van der Waals surface area contributed by atoms with Crippen LogP contribution >= 0.6 is 0 Å². The molecule has 0 spiro atoms. The van der Waals surface area contributed by atoms with Crippen LogP contribution in [0.2, 0.25) is 0 Å². The van der Waals surface area contributed by atoms with Crippen LogP contribution < -0.4 is 5.73 Å². The van der Waals surface area contributed by atoms with Gasteiger partial charge < -0.3 is 5.73 Å². The lowest BCUT2D eigenvalue weighted by atomic mass is 10.1. The van der Waals surface area contributed by atoms with Gasteiger partial charge in [-0.3, -0.25) is 9.78 Å². The fourth-order valence-corrected chi connectivity index (χ4v) is 1.80. The van der Waals surface area contributed by atoms with E-state index in [0.29, 0.717) is 5.82 Å². The van der Waals surface area contributed by atoms with Gasteiger partial charge in [-0.15, -0.1) is 0 Å². The molecule has 0 saturated heterocycles. The number of nitrogen functional groups attached to an aromatic ring is 1. The van der Waals surface area contributed by atoms with Crippen LogP contribution in [0.3, 0.4) is 0 Å². The third kappa shape index (κ3) is 1.25. The second kappa shape index (κ2) is 3.10. The Hall–Kier alpha value is -2.30. The third-order valence-corrected chi connectivity index (χ3v) is 2.66. The molecule has 0 unspecified atom stereocenters. The fraction of sp³-hybridized carbons (Fsp3) is 0.0909. The summed E-state index contributed by atoms with van der Waals surface area (Å²) in [5, 5.41) is 12.1.